The van der Waals surface area contributed by atoms with Crippen LogP contribution in [0.1, 0.15) is 86.5 Å². The van der Waals surface area contributed by atoms with Crippen LogP contribution >= 0.6 is 0 Å². The number of aliphatic hydroxyl groups excluding tert-OH is 7. The molecule has 1 saturated heterocycles. The second kappa shape index (κ2) is 12.7. The third kappa shape index (κ3) is 5.35. The van der Waals surface area contributed by atoms with Gasteiger partial charge in [-0.1, -0.05) is 46.3 Å². The summed E-state index contributed by atoms with van der Waals surface area (Å²) in [7, 11) is 0. The zero-order valence-electron chi connectivity index (χ0n) is 30.1. The molecular formula is C37H58O13. The Bertz CT molecular complexity index is 1370. The molecule has 0 bridgehead atoms. The Morgan fingerprint density at radius 2 is 1.54 bits per heavy atom. The third-order valence-corrected chi connectivity index (χ3v) is 15.1. The predicted molar refractivity (Wildman–Crippen MR) is 176 cm³/mol. The van der Waals surface area contributed by atoms with Gasteiger partial charge in [0.25, 0.3) is 0 Å². The van der Waals surface area contributed by atoms with E-state index in [1.165, 1.54) is 6.92 Å². The van der Waals surface area contributed by atoms with Gasteiger partial charge in [0, 0.05) is 12.3 Å². The number of carbonyl (C=O) groups excluding carboxylic acids is 1. The Morgan fingerprint density at radius 3 is 2.16 bits per heavy atom. The van der Waals surface area contributed by atoms with Gasteiger partial charge >= 0.3 is 11.9 Å². The molecule has 8 N–H and O–H groups in total. The van der Waals surface area contributed by atoms with E-state index in [9.17, 15) is 50.4 Å². The zero-order valence-corrected chi connectivity index (χ0v) is 30.1. The number of ether oxygens (including phenoxy) is 3. The minimum absolute atomic E-state index is 0.0243. The first-order valence-electron chi connectivity index (χ1n) is 18.3. The SMILES string of the molecule is CC(=O)OC[C@@]12C(CC(C)(C)[C@@H](O)[C@@H]1O)C1=CC[C@H]3[C@@](C)(CCC4[C@](C)(CO)[C@@H](O[C@@H]5O[C@H](C(=O)O)[C@@H](O)[C@H](O)[C@H]5O)CC[C@@]43C)[C@@H]1C[C@@H]2O. The van der Waals surface area contributed by atoms with Gasteiger partial charge in [-0.2, -0.15) is 0 Å². The van der Waals surface area contributed by atoms with Crippen LogP contribution in [0.5, 0.6) is 0 Å². The summed E-state index contributed by atoms with van der Waals surface area (Å²) in [6.07, 6.45) is -6.18. The topological polar surface area (TPSA) is 224 Å². The molecule has 0 amide bonds. The Hall–Kier alpha value is -1.68. The highest BCUT2D eigenvalue weighted by Gasteiger charge is 2.70. The number of carbonyl (C=O) groups is 2. The van der Waals surface area contributed by atoms with Crippen LogP contribution < -0.4 is 0 Å². The maximum atomic E-state index is 12.0. The van der Waals surface area contributed by atoms with Crippen molar-refractivity contribution in [2.24, 2.45) is 50.7 Å². The summed E-state index contributed by atoms with van der Waals surface area (Å²) in [5.74, 6) is -2.23. The second-order valence-electron chi connectivity index (χ2n) is 18.0. The van der Waals surface area contributed by atoms with Crippen LogP contribution in [0.3, 0.4) is 0 Å². The molecule has 13 nitrogen and oxygen atoms in total. The number of carboxylic acids is 1. The summed E-state index contributed by atoms with van der Waals surface area (Å²) in [5, 5.41) is 86.9. The van der Waals surface area contributed by atoms with E-state index < -0.39 is 83.3 Å². The Labute approximate surface area is 293 Å². The minimum atomic E-state index is -1.83. The van der Waals surface area contributed by atoms with Gasteiger partial charge in [0.1, 0.15) is 24.9 Å². The van der Waals surface area contributed by atoms with Crippen LogP contribution in [0.2, 0.25) is 0 Å². The standard InChI is InChI=1S/C37H58O13/c1-17(39)48-16-37-20(14-33(2,3)29(44)30(37)45)18-7-8-21-34(4,19(18)13-23(37)40)11-9-22-35(21,5)12-10-24(36(22,6)15-38)49-32-27(43)25(41)26(42)28(50-32)31(46)47/h7,19-30,32,38,40-45H,8-16H2,1-6H3,(H,46,47)/t19-,20?,21+,22?,23+,24+,25+,26+,27-,28+,29+,30+,32-,34+,35-,36+,37+/m1/s1. The Kier molecular flexibility index (Phi) is 9.69. The van der Waals surface area contributed by atoms with Crippen molar-refractivity contribution in [3.63, 3.8) is 0 Å². The lowest BCUT2D eigenvalue weighted by Crippen LogP contribution is -2.70. The predicted octanol–water partition coefficient (Wildman–Crippen LogP) is 1.12. The molecular weight excluding hydrogens is 652 g/mol. The van der Waals surface area contributed by atoms with Gasteiger partial charge < -0.3 is 55.1 Å². The summed E-state index contributed by atoms with van der Waals surface area (Å²) in [6, 6.07) is 0. The highest BCUT2D eigenvalue weighted by molar-refractivity contribution is 5.73. The number of hydrogen-bond acceptors (Lipinski definition) is 12. The van der Waals surface area contributed by atoms with Gasteiger partial charge in [-0.05, 0) is 84.9 Å². The van der Waals surface area contributed by atoms with E-state index in [-0.39, 0.29) is 47.7 Å². The summed E-state index contributed by atoms with van der Waals surface area (Å²) in [5.41, 5.74) is -2.09. The van der Waals surface area contributed by atoms with Crippen molar-refractivity contribution in [2.75, 3.05) is 13.2 Å². The van der Waals surface area contributed by atoms with E-state index in [1.54, 1.807) is 0 Å². The molecule has 6 aliphatic rings. The van der Waals surface area contributed by atoms with Crippen LogP contribution in [-0.2, 0) is 23.8 Å². The molecule has 17 atom stereocenters. The van der Waals surface area contributed by atoms with Crippen LogP contribution in [0.4, 0.5) is 0 Å². The molecule has 0 spiro atoms. The van der Waals surface area contributed by atoms with Gasteiger partial charge in [-0.15, -0.1) is 0 Å². The third-order valence-electron chi connectivity index (χ3n) is 15.1. The van der Waals surface area contributed by atoms with E-state index in [4.69, 9.17) is 14.2 Å². The molecule has 0 aromatic carbocycles. The molecule has 0 aromatic rings. The van der Waals surface area contributed by atoms with Gasteiger partial charge in [0.05, 0.1) is 36.4 Å². The quantitative estimate of drug-likeness (QED) is 0.110. The van der Waals surface area contributed by atoms with Crippen molar-refractivity contribution in [3.05, 3.63) is 11.6 Å². The zero-order chi connectivity index (χ0) is 36.9. The number of hydrogen-bond donors (Lipinski definition) is 8. The van der Waals surface area contributed by atoms with Crippen LogP contribution in [-0.4, -0.2) is 121 Å². The maximum absolute atomic E-state index is 12.0. The smallest absolute Gasteiger partial charge is 0.335 e. The van der Waals surface area contributed by atoms with E-state index in [2.05, 4.69) is 19.9 Å². The van der Waals surface area contributed by atoms with Gasteiger partial charge in [0.15, 0.2) is 12.4 Å². The normalized spacial score (nSPS) is 52.7. The van der Waals surface area contributed by atoms with Crippen molar-refractivity contribution in [1.82, 2.24) is 0 Å². The molecule has 1 aliphatic heterocycles. The first-order valence-corrected chi connectivity index (χ1v) is 18.3. The second-order valence-corrected chi connectivity index (χ2v) is 18.0. The molecule has 50 heavy (non-hydrogen) atoms. The van der Waals surface area contributed by atoms with E-state index in [1.807, 2.05) is 20.8 Å². The summed E-state index contributed by atoms with van der Waals surface area (Å²) in [4.78, 5) is 23.7. The Balaban J connectivity index is 1.31. The lowest BCUT2D eigenvalue weighted by atomic mass is 9.36. The first kappa shape index (κ1) is 38.1. The van der Waals surface area contributed by atoms with E-state index >= 15 is 0 Å². The van der Waals surface area contributed by atoms with Crippen molar-refractivity contribution < 1.29 is 64.7 Å². The van der Waals surface area contributed by atoms with E-state index in [0.29, 0.717) is 25.7 Å². The lowest BCUT2D eigenvalue weighted by Gasteiger charge is -2.69. The molecule has 5 aliphatic carbocycles. The molecule has 284 valence electrons. The number of aliphatic carboxylic acids is 1. The fourth-order valence-electron chi connectivity index (χ4n) is 12.2. The molecule has 0 radical (unpaired) electrons. The monoisotopic (exact) mass is 710 g/mol. The number of allylic oxidation sites excluding steroid dienone is 2. The van der Waals surface area contributed by atoms with Crippen LogP contribution in [0.15, 0.2) is 11.6 Å². The number of aliphatic hydroxyl groups is 7. The van der Waals surface area contributed by atoms with Crippen molar-refractivity contribution in [1.29, 1.82) is 0 Å². The number of carboxylic acid groups (broad SMARTS) is 1. The first-order chi connectivity index (χ1) is 23.2. The molecule has 2 unspecified atom stereocenters. The molecule has 4 saturated carbocycles. The van der Waals surface area contributed by atoms with E-state index in [0.717, 1.165) is 24.8 Å². The lowest BCUT2D eigenvalue weighted by molar-refractivity contribution is -0.327. The molecule has 1 heterocycles. The average molecular weight is 711 g/mol. The largest absolute Gasteiger partial charge is 0.479 e. The molecule has 13 heteroatoms. The van der Waals surface area contributed by atoms with Crippen molar-refractivity contribution in [3.8, 4) is 0 Å². The molecule has 0 aromatic heterocycles. The number of fused-ring (bicyclic) bond motifs is 7. The molecule has 6 rings (SSSR count). The minimum Gasteiger partial charge on any atom is -0.479 e. The van der Waals surface area contributed by atoms with Gasteiger partial charge in [-0.25, -0.2) is 4.79 Å². The fraction of sp³-hybridized carbons (Fsp3) is 0.892. The molecule has 5 fully saturated rings. The summed E-state index contributed by atoms with van der Waals surface area (Å²) >= 11 is 0. The van der Waals surface area contributed by atoms with Crippen LogP contribution in [0.25, 0.3) is 0 Å². The van der Waals surface area contributed by atoms with Gasteiger partial charge in [-0.3, -0.25) is 4.79 Å². The number of esters is 1. The van der Waals surface area contributed by atoms with Gasteiger partial charge in [0.2, 0.25) is 0 Å². The highest BCUT2D eigenvalue weighted by Crippen LogP contribution is 2.72. The Morgan fingerprint density at radius 1 is 0.880 bits per heavy atom. The van der Waals surface area contributed by atoms with Crippen molar-refractivity contribution >= 4 is 11.9 Å². The van der Waals surface area contributed by atoms with Crippen molar-refractivity contribution in [2.45, 2.75) is 142 Å². The average Bonchev–Trinajstić information content (AvgIpc) is 3.04. The fourth-order valence-corrected chi connectivity index (χ4v) is 12.2. The summed E-state index contributed by atoms with van der Waals surface area (Å²) < 4.78 is 17.3. The highest BCUT2D eigenvalue weighted by atomic mass is 16.7. The number of rotatable bonds is 6. The summed E-state index contributed by atoms with van der Waals surface area (Å²) in [6.45, 7) is 11.2. The maximum Gasteiger partial charge on any atom is 0.335 e. The van der Waals surface area contributed by atoms with Crippen LogP contribution in [0, 0.1) is 50.7 Å².